The van der Waals surface area contributed by atoms with Gasteiger partial charge >= 0.3 is 0 Å². The molecular formula is C17H21N. The second-order valence-corrected chi connectivity index (χ2v) is 5.26. The van der Waals surface area contributed by atoms with Crippen LogP contribution >= 0.6 is 0 Å². The van der Waals surface area contributed by atoms with Crippen molar-refractivity contribution < 1.29 is 0 Å². The van der Waals surface area contributed by atoms with Gasteiger partial charge in [-0.2, -0.15) is 0 Å². The summed E-state index contributed by atoms with van der Waals surface area (Å²) in [5.41, 5.74) is 12.4. The second-order valence-electron chi connectivity index (χ2n) is 5.26. The zero-order valence-corrected chi connectivity index (χ0v) is 11.4. The summed E-state index contributed by atoms with van der Waals surface area (Å²) < 4.78 is 0. The first kappa shape index (κ1) is 12.8. The summed E-state index contributed by atoms with van der Waals surface area (Å²) in [6, 6.07) is 15.6. The largest absolute Gasteiger partial charge is 0.328 e. The summed E-state index contributed by atoms with van der Waals surface area (Å²) in [5, 5.41) is 0. The van der Waals surface area contributed by atoms with Gasteiger partial charge in [0, 0.05) is 6.04 Å². The van der Waals surface area contributed by atoms with Crippen molar-refractivity contribution >= 4 is 0 Å². The molecule has 2 rings (SSSR count). The molecule has 0 aliphatic rings. The fourth-order valence-corrected chi connectivity index (χ4v) is 2.39. The Morgan fingerprint density at radius 3 is 2.22 bits per heavy atom. The monoisotopic (exact) mass is 239 g/mol. The van der Waals surface area contributed by atoms with Gasteiger partial charge in [-0.3, -0.25) is 0 Å². The van der Waals surface area contributed by atoms with Crippen LogP contribution in [0.4, 0.5) is 0 Å². The lowest BCUT2D eigenvalue weighted by atomic mass is 9.97. The molecule has 0 saturated heterocycles. The summed E-state index contributed by atoms with van der Waals surface area (Å²) in [4.78, 5) is 0. The second kappa shape index (κ2) is 5.36. The topological polar surface area (TPSA) is 26.0 Å². The third-order valence-corrected chi connectivity index (χ3v) is 3.04. The van der Waals surface area contributed by atoms with Crippen molar-refractivity contribution in [1.82, 2.24) is 0 Å². The molecule has 1 nitrogen and oxygen atoms in total. The predicted octanol–water partition coefficient (Wildman–Crippen LogP) is 3.86. The van der Waals surface area contributed by atoms with Crippen molar-refractivity contribution in [2.24, 2.45) is 5.73 Å². The summed E-state index contributed by atoms with van der Waals surface area (Å²) in [5.74, 6) is 0. The van der Waals surface area contributed by atoms with Gasteiger partial charge in [-0.25, -0.2) is 0 Å². The minimum Gasteiger partial charge on any atom is -0.328 e. The van der Waals surface area contributed by atoms with E-state index in [2.05, 4.69) is 56.3 Å². The Labute approximate surface area is 110 Å². The number of hydrogen-bond acceptors (Lipinski definition) is 1. The third kappa shape index (κ3) is 3.21. The highest BCUT2D eigenvalue weighted by Gasteiger charge is 2.03. The normalized spacial score (nSPS) is 12.4. The lowest BCUT2D eigenvalue weighted by molar-refractivity contribution is 0.738. The van der Waals surface area contributed by atoms with E-state index in [-0.39, 0.29) is 6.04 Å². The van der Waals surface area contributed by atoms with Gasteiger partial charge in [0.05, 0.1) is 0 Å². The highest BCUT2D eigenvalue weighted by atomic mass is 14.6. The minimum atomic E-state index is 0.208. The standard InChI is InChI=1S/C17H21N/c1-12-7-13(2)9-17(8-12)16-6-4-5-15(11-16)10-14(3)18/h4-9,11,14H,10,18H2,1-3H3. The van der Waals surface area contributed by atoms with Crippen LogP contribution in [0.15, 0.2) is 42.5 Å². The lowest BCUT2D eigenvalue weighted by Crippen LogP contribution is -2.17. The van der Waals surface area contributed by atoms with Gasteiger partial charge in [0.1, 0.15) is 0 Å². The first-order valence-electron chi connectivity index (χ1n) is 6.48. The third-order valence-electron chi connectivity index (χ3n) is 3.04. The van der Waals surface area contributed by atoms with Crippen molar-refractivity contribution in [2.45, 2.75) is 33.2 Å². The average molecular weight is 239 g/mol. The van der Waals surface area contributed by atoms with E-state index >= 15 is 0 Å². The summed E-state index contributed by atoms with van der Waals surface area (Å²) in [6.45, 7) is 6.33. The number of rotatable bonds is 3. The molecular weight excluding hydrogens is 218 g/mol. The molecule has 1 atom stereocenters. The van der Waals surface area contributed by atoms with Crippen LogP contribution in [0.5, 0.6) is 0 Å². The van der Waals surface area contributed by atoms with E-state index in [0.717, 1.165) is 6.42 Å². The molecule has 18 heavy (non-hydrogen) atoms. The Morgan fingerprint density at radius 1 is 0.944 bits per heavy atom. The summed E-state index contributed by atoms with van der Waals surface area (Å²) >= 11 is 0. The molecule has 1 heteroatoms. The fourth-order valence-electron chi connectivity index (χ4n) is 2.39. The Hall–Kier alpha value is -1.60. The van der Waals surface area contributed by atoms with E-state index in [1.807, 2.05) is 6.92 Å². The number of nitrogens with two attached hydrogens (primary N) is 1. The van der Waals surface area contributed by atoms with E-state index in [9.17, 15) is 0 Å². The molecule has 0 amide bonds. The maximum atomic E-state index is 5.86. The van der Waals surface area contributed by atoms with E-state index in [1.54, 1.807) is 0 Å². The first-order chi connectivity index (χ1) is 8.54. The van der Waals surface area contributed by atoms with Gasteiger partial charge in [0.15, 0.2) is 0 Å². The zero-order chi connectivity index (χ0) is 13.1. The molecule has 94 valence electrons. The van der Waals surface area contributed by atoms with E-state index in [1.165, 1.54) is 27.8 Å². The SMILES string of the molecule is Cc1cc(C)cc(-c2cccc(CC(C)N)c2)c1. The number of benzene rings is 2. The zero-order valence-electron chi connectivity index (χ0n) is 11.4. The van der Waals surface area contributed by atoms with Gasteiger partial charge in [-0.15, -0.1) is 0 Å². The van der Waals surface area contributed by atoms with Crippen molar-refractivity contribution in [3.05, 3.63) is 59.2 Å². The van der Waals surface area contributed by atoms with Gasteiger partial charge in [0.25, 0.3) is 0 Å². The maximum Gasteiger partial charge on any atom is 0.00509 e. The van der Waals surface area contributed by atoms with Crippen molar-refractivity contribution in [3.8, 4) is 11.1 Å². The van der Waals surface area contributed by atoms with Crippen LogP contribution < -0.4 is 5.73 Å². The quantitative estimate of drug-likeness (QED) is 0.864. The van der Waals surface area contributed by atoms with E-state index in [0.29, 0.717) is 0 Å². The van der Waals surface area contributed by atoms with Gasteiger partial charge < -0.3 is 5.73 Å². The molecule has 0 radical (unpaired) electrons. The molecule has 0 aromatic heterocycles. The fraction of sp³-hybridized carbons (Fsp3) is 0.294. The Morgan fingerprint density at radius 2 is 1.61 bits per heavy atom. The van der Waals surface area contributed by atoms with Crippen LogP contribution in [0, 0.1) is 13.8 Å². The molecule has 0 aliphatic heterocycles. The van der Waals surface area contributed by atoms with Gasteiger partial charge in [0.2, 0.25) is 0 Å². The average Bonchev–Trinajstić information content (AvgIpc) is 2.27. The highest BCUT2D eigenvalue weighted by molar-refractivity contribution is 5.65. The Balaban J connectivity index is 2.38. The maximum absolute atomic E-state index is 5.86. The van der Waals surface area contributed by atoms with Crippen molar-refractivity contribution in [2.75, 3.05) is 0 Å². The molecule has 2 N–H and O–H groups in total. The molecule has 0 fully saturated rings. The molecule has 0 aliphatic carbocycles. The summed E-state index contributed by atoms with van der Waals surface area (Å²) in [7, 11) is 0. The molecule has 0 heterocycles. The lowest BCUT2D eigenvalue weighted by Gasteiger charge is -2.09. The van der Waals surface area contributed by atoms with Crippen LogP contribution in [0.25, 0.3) is 11.1 Å². The van der Waals surface area contributed by atoms with Crippen molar-refractivity contribution in [3.63, 3.8) is 0 Å². The van der Waals surface area contributed by atoms with Crippen molar-refractivity contribution in [1.29, 1.82) is 0 Å². The summed E-state index contributed by atoms with van der Waals surface area (Å²) in [6.07, 6.45) is 0.929. The Kier molecular flexibility index (Phi) is 3.83. The van der Waals surface area contributed by atoms with Crippen LogP contribution in [-0.2, 0) is 6.42 Å². The highest BCUT2D eigenvalue weighted by Crippen LogP contribution is 2.23. The molecule has 0 saturated carbocycles. The molecule has 1 unspecified atom stereocenters. The number of aryl methyl sites for hydroxylation is 2. The van der Waals surface area contributed by atoms with Crippen LogP contribution in [-0.4, -0.2) is 6.04 Å². The molecule has 0 spiro atoms. The van der Waals surface area contributed by atoms with Crippen LogP contribution in [0.3, 0.4) is 0 Å². The Bertz CT molecular complexity index is 521. The van der Waals surface area contributed by atoms with Crippen LogP contribution in [0.1, 0.15) is 23.6 Å². The predicted molar refractivity (Wildman–Crippen MR) is 78.7 cm³/mol. The van der Waals surface area contributed by atoms with E-state index in [4.69, 9.17) is 5.73 Å². The minimum absolute atomic E-state index is 0.208. The first-order valence-corrected chi connectivity index (χ1v) is 6.48. The van der Waals surface area contributed by atoms with E-state index < -0.39 is 0 Å². The molecule has 2 aromatic carbocycles. The smallest absolute Gasteiger partial charge is 0.00509 e. The van der Waals surface area contributed by atoms with Gasteiger partial charge in [-0.1, -0.05) is 53.6 Å². The van der Waals surface area contributed by atoms with Crippen LogP contribution in [0.2, 0.25) is 0 Å². The number of hydrogen-bond donors (Lipinski definition) is 1. The van der Waals surface area contributed by atoms with Gasteiger partial charge in [-0.05, 0) is 43.9 Å². The molecule has 2 aromatic rings. The molecule has 0 bridgehead atoms.